The predicted molar refractivity (Wildman–Crippen MR) is 104 cm³/mol. The average molecular weight is 379 g/mol. The second-order valence-electron chi connectivity index (χ2n) is 7.73. The van der Waals surface area contributed by atoms with E-state index in [1.165, 1.54) is 0 Å². The van der Waals surface area contributed by atoms with Crippen molar-refractivity contribution < 1.29 is 9.59 Å². The van der Waals surface area contributed by atoms with E-state index in [1.807, 2.05) is 24.0 Å². The summed E-state index contributed by atoms with van der Waals surface area (Å²) in [6.07, 6.45) is 7.54. The van der Waals surface area contributed by atoms with E-state index in [2.05, 4.69) is 21.9 Å². The summed E-state index contributed by atoms with van der Waals surface area (Å²) in [6.45, 7) is 6.61. The van der Waals surface area contributed by atoms with Crippen LogP contribution in [0.2, 0.25) is 0 Å². The lowest BCUT2D eigenvalue weighted by atomic mass is 9.85. The zero-order valence-electron chi connectivity index (χ0n) is 16.4. The van der Waals surface area contributed by atoms with Crippen LogP contribution in [0, 0.1) is 12.3 Å². The third kappa shape index (κ3) is 3.15. The lowest BCUT2D eigenvalue weighted by Crippen LogP contribution is -2.38. The van der Waals surface area contributed by atoms with Gasteiger partial charge in [0.2, 0.25) is 5.91 Å². The smallest absolute Gasteiger partial charge is 0.257 e. The van der Waals surface area contributed by atoms with Gasteiger partial charge < -0.3 is 9.80 Å². The number of hydrogen-bond acceptors (Lipinski definition) is 5. The van der Waals surface area contributed by atoms with Crippen LogP contribution in [0.25, 0.3) is 11.4 Å². The van der Waals surface area contributed by atoms with E-state index in [1.54, 1.807) is 23.5 Å². The normalized spacial score (nSPS) is 21.7. The SMILES string of the molecule is CCCN1CCC2(CCN(C(=O)c3cnc(-c4cccnc4)nc3C)C2)C1=O. The minimum atomic E-state index is -0.394. The van der Waals surface area contributed by atoms with Crippen molar-refractivity contribution in [1.82, 2.24) is 24.8 Å². The van der Waals surface area contributed by atoms with Crippen molar-refractivity contribution in [2.45, 2.75) is 33.1 Å². The van der Waals surface area contributed by atoms with Gasteiger partial charge in [0.1, 0.15) is 0 Å². The number of aryl methyl sites for hydroxylation is 1. The first-order valence-corrected chi connectivity index (χ1v) is 9.87. The molecule has 0 aliphatic carbocycles. The summed E-state index contributed by atoms with van der Waals surface area (Å²) in [5, 5.41) is 0. The molecule has 2 aromatic heterocycles. The quantitative estimate of drug-likeness (QED) is 0.815. The Labute approximate surface area is 164 Å². The minimum Gasteiger partial charge on any atom is -0.342 e. The Hall–Kier alpha value is -2.83. The van der Waals surface area contributed by atoms with Crippen LogP contribution in [0.3, 0.4) is 0 Å². The predicted octanol–water partition coefficient (Wildman–Crippen LogP) is 2.32. The molecule has 2 aliphatic rings. The molecule has 0 aromatic carbocycles. The topological polar surface area (TPSA) is 79.3 Å². The molecular weight excluding hydrogens is 354 g/mol. The summed E-state index contributed by atoms with van der Waals surface area (Å²) in [4.78, 5) is 42.6. The van der Waals surface area contributed by atoms with E-state index in [0.29, 0.717) is 30.2 Å². The third-order valence-corrected chi connectivity index (χ3v) is 5.87. The highest BCUT2D eigenvalue weighted by Gasteiger charge is 2.51. The molecule has 0 saturated carbocycles. The molecule has 0 N–H and O–H groups in total. The number of likely N-dealkylation sites (tertiary alicyclic amines) is 2. The van der Waals surface area contributed by atoms with Crippen LogP contribution in [0.5, 0.6) is 0 Å². The van der Waals surface area contributed by atoms with E-state index >= 15 is 0 Å². The fourth-order valence-electron chi connectivity index (χ4n) is 4.28. The second-order valence-corrected chi connectivity index (χ2v) is 7.73. The highest BCUT2D eigenvalue weighted by molar-refractivity contribution is 5.96. The largest absolute Gasteiger partial charge is 0.342 e. The number of carbonyl (C=O) groups excluding carboxylic acids is 2. The first kappa shape index (κ1) is 18.5. The highest BCUT2D eigenvalue weighted by Crippen LogP contribution is 2.41. The van der Waals surface area contributed by atoms with Gasteiger partial charge >= 0.3 is 0 Å². The Bertz CT molecular complexity index is 901. The Morgan fingerprint density at radius 2 is 2.07 bits per heavy atom. The highest BCUT2D eigenvalue weighted by atomic mass is 16.2. The molecular formula is C21H25N5O2. The zero-order valence-corrected chi connectivity index (χ0v) is 16.4. The number of rotatable bonds is 4. The van der Waals surface area contributed by atoms with Crippen LogP contribution in [-0.4, -0.2) is 62.7 Å². The number of aromatic nitrogens is 3. The molecule has 2 amide bonds. The fourth-order valence-corrected chi connectivity index (χ4v) is 4.28. The van der Waals surface area contributed by atoms with Crippen LogP contribution in [0.4, 0.5) is 0 Å². The summed E-state index contributed by atoms with van der Waals surface area (Å²) in [5.74, 6) is 0.680. The molecule has 28 heavy (non-hydrogen) atoms. The molecule has 1 unspecified atom stereocenters. The van der Waals surface area contributed by atoms with E-state index in [4.69, 9.17) is 0 Å². The molecule has 4 rings (SSSR count). The Kier molecular flexibility index (Phi) is 4.83. The van der Waals surface area contributed by atoms with Crippen molar-refractivity contribution in [3.63, 3.8) is 0 Å². The zero-order chi connectivity index (χ0) is 19.7. The average Bonchev–Trinajstić information content (AvgIpc) is 3.28. The molecule has 146 valence electrons. The molecule has 0 bridgehead atoms. The van der Waals surface area contributed by atoms with Gasteiger partial charge in [-0.05, 0) is 38.3 Å². The standard InChI is InChI=1S/C21H25N5O2/c1-3-9-25-10-6-21(20(25)28)7-11-26(14-21)19(27)17-13-23-18(24-15(17)2)16-5-4-8-22-12-16/h4-5,8,12-13H,3,6-7,9-11,14H2,1-2H3. The third-order valence-electron chi connectivity index (χ3n) is 5.87. The molecule has 2 fully saturated rings. The number of hydrogen-bond donors (Lipinski definition) is 0. The van der Waals surface area contributed by atoms with Gasteiger partial charge in [0, 0.05) is 50.3 Å². The lowest BCUT2D eigenvalue weighted by Gasteiger charge is -2.23. The van der Waals surface area contributed by atoms with E-state index in [9.17, 15) is 9.59 Å². The van der Waals surface area contributed by atoms with Gasteiger partial charge in [-0.15, -0.1) is 0 Å². The fraction of sp³-hybridized carbons (Fsp3) is 0.476. The van der Waals surface area contributed by atoms with E-state index in [0.717, 1.165) is 37.9 Å². The molecule has 2 aliphatic heterocycles. The maximum Gasteiger partial charge on any atom is 0.257 e. The van der Waals surface area contributed by atoms with Crippen LogP contribution in [0.15, 0.2) is 30.7 Å². The van der Waals surface area contributed by atoms with Crippen LogP contribution in [0.1, 0.15) is 42.2 Å². The molecule has 1 atom stereocenters. The van der Waals surface area contributed by atoms with Gasteiger partial charge in [-0.2, -0.15) is 0 Å². The molecule has 4 heterocycles. The number of amides is 2. The number of nitrogens with zero attached hydrogens (tertiary/aromatic N) is 5. The van der Waals surface area contributed by atoms with Crippen molar-refractivity contribution in [3.8, 4) is 11.4 Å². The minimum absolute atomic E-state index is 0.0890. The van der Waals surface area contributed by atoms with Crippen molar-refractivity contribution in [2.24, 2.45) is 5.41 Å². The number of carbonyl (C=O) groups is 2. The van der Waals surface area contributed by atoms with Crippen molar-refractivity contribution in [1.29, 1.82) is 0 Å². The van der Waals surface area contributed by atoms with E-state index < -0.39 is 5.41 Å². The van der Waals surface area contributed by atoms with E-state index in [-0.39, 0.29) is 11.8 Å². The Balaban J connectivity index is 1.51. The van der Waals surface area contributed by atoms with Gasteiger partial charge in [-0.1, -0.05) is 6.92 Å². The first-order chi connectivity index (χ1) is 13.5. The summed E-state index contributed by atoms with van der Waals surface area (Å²) in [5.41, 5.74) is 1.57. The maximum atomic E-state index is 13.1. The molecule has 0 radical (unpaired) electrons. The summed E-state index contributed by atoms with van der Waals surface area (Å²) in [7, 11) is 0. The summed E-state index contributed by atoms with van der Waals surface area (Å²) >= 11 is 0. The van der Waals surface area contributed by atoms with Crippen LogP contribution < -0.4 is 0 Å². The molecule has 7 heteroatoms. The molecule has 7 nitrogen and oxygen atoms in total. The van der Waals surface area contributed by atoms with Gasteiger partial charge in [0.25, 0.3) is 5.91 Å². The van der Waals surface area contributed by atoms with Gasteiger partial charge in [0.15, 0.2) is 5.82 Å². The van der Waals surface area contributed by atoms with Gasteiger partial charge in [0.05, 0.1) is 16.7 Å². The Morgan fingerprint density at radius 1 is 1.25 bits per heavy atom. The lowest BCUT2D eigenvalue weighted by molar-refractivity contribution is -0.135. The maximum absolute atomic E-state index is 13.1. The molecule has 2 saturated heterocycles. The first-order valence-electron chi connectivity index (χ1n) is 9.87. The monoisotopic (exact) mass is 379 g/mol. The van der Waals surface area contributed by atoms with Gasteiger partial charge in [-0.3, -0.25) is 14.6 Å². The Morgan fingerprint density at radius 3 is 2.79 bits per heavy atom. The summed E-state index contributed by atoms with van der Waals surface area (Å²) < 4.78 is 0. The van der Waals surface area contributed by atoms with Crippen LogP contribution >= 0.6 is 0 Å². The second kappa shape index (κ2) is 7.30. The van der Waals surface area contributed by atoms with Crippen molar-refractivity contribution >= 4 is 11.8 Å². The molecule has 2 aromatic rings. The molecule has 1 spiro atoms. The number of pyridine rings is 1. The van der Waals surface area contributed by atoms with Gasteiger partial charge in [-0.25, -0.2) is 9.97 Å². The van der Waals surface area contributed by atoms with Crippen LogP contribution in [-0.2, 0) is 4.79 Å². The van der Waals surface area contributed by atoms with Crippen molar-refractivity contribution in [2.75, 3.05) is 26.2 Å². The summed E-state index contributed by atoms with van der Waals surface area (Å²) in [6, 6.07) is 3.72. The van der Waals surface area contributed by atoms with Crippen molar-refractivity contribution in [3.05, 3.63) is 42.0 Å².